The van der Waals surface area contributed by atoms with Crippen LogP contribution in [0.3, 0.4) is 0 Å². The average Bonchev–Trinajstić information content (AvgIpc) is 2.33. The zero-order chi connectivity index (χ0) is 14.0. The van der Waals surface area contributed by atoms with Crippen LogP contribution in [-0.4, -0.2) is 10.9 Å². The number of carbonyl (C=O) groups excluding carboxylic acids is 1. The van der Waals surface area contributed by atoms with Crippen molar-refractivity contribution in [1.82, 2.24) is 4.98 Å². The van der Waals surface area contributed by atoms with Gasteiger partial charge in [0.05, 0.1) is 11.3 Å². The summed E-state index contributed by atoms with van der Waals surface area (Å²) in [5, 5.41) is 2.94. The Labute approximate surface area is 124 Å². The first kappa shape index (κ1) is 13.8. The van der Waals surface area contributed by atoms with Gasteiger partial charge >= 0.3 is 0 Å². The Morgan fingerprint density at radius 1 is 1.42 bits per heavy atom. The van der Waals surface area contributed by atoms with Gasteiger partial charge < -0.3 is 11.1 Å². The number of anilines is 2. The first-order valence-corrected chi connectivity index (χ1v) is 6.63. The van der Waals surface area contributed by atoms with Crippen LogP contribution in [0.5, 0.6) is 0 Å². The number of nitrogen functional groups attached to an aromatic ring is 1. The quantitative estimate of drug-likeness (QED) is 0.648. The predicted molar refractivity (Wildman–Crippen MR) is 80.5 cm³/mol. The molecule has 4 nitrogen and oxygen atoms in total. The second-order valence-corrected chi connectivity index (χ2v) is 5.31. The number of benzene rings is 1. The highest BCUT2D eigenvalue weighted by atomic mass is 79.9. The predicted octanol–water partition coefficient (Wildman–Crippen LogP) is 3.64. The van der Waals surface area contributed by atoms with Gasteiger partial charge in [0.1, 0.15) is 0 Å². The Hall–Kier alpha value is -1.59. The third-order valence-electron chi connectivity index (χ3n) is 2.48. The second-order valence-electron chi connectivity index (χ2n) is 4.04. The van der Waals surface area contributed by atoms with E-state index in [4.69, 9.17) is 17.3 Å². The van der Waals surface area contributed by atoms with Crippen molar-refractivity contribution >= 4 is 44.8 Å². The van der Waals surface area contributed by atoms with E-state index in [1.54, 1.807) is 30.5 Å². The summed E-state index contributed by atoms with van der Waals surface area (Å²) in [6.07, 6.45) is 1.63. The molecule has 3 N–H and O–H groups in total. The van der Waals surface area contributed by atoms with Gasteiger partial charge in [-0.25, -0.2) is 4.98 Å². The lowest BCUT2D eigenvalue weighted by molar-refractivity contribution is 0.102. The summed E-state index contributed by atoms with van der Waals surface area (Å²) in [6, 6.07) is 6.82. The first-order valence-electron chi connectivity index (χ1n) is 5.46. The molecule has 0 saturated carbocycles. The van der Waals surface area contributed by atoms with Crippen molar-refractivity contribution in [2.24, 2.45) is 0 Å². The number of hydrogen-bond donors (Lipinski definition) is 2. The fourth-order valence-electron chi connectivity index (χ4n) is 1.57. The molecule has 0 aliphatic carbocycles. The largest absolute Gasteiger partial charge is 0.398 e. The lowest BCUT2D eigenvalue weighted by Gasteiger charge is -2.09. The molecule has 0 bridgehead atoms. The SMILES string of the molecule is Cc1cnc(Cl)c(NC(=O)c2ccc(Br)cc2N)c1. The molecular weight excluding hydrogens is 330 g/mol. The Balaban J connectivity index is 2.28. The Morgan fingerprint density at radius 3 is 2.84 bits per heavy atom. The molecule has 1 amide bonds. The van der Waals surface area contributed by atoms with Crippen molar-refractivity contribution in [2.75, 3.05) is 11.1 Å². The number of aromatic nitrogens is 1. The van der Waals surface area contributed by atoms with E-state index in [1.807, 2.05) is 6.92 Å². The molecule has 1 aromatic carbocycles. The lowest BCUT2D eigenvalue weighted by Crippen LogP contribution is -2.14. The summed E-state index contributed by atoms with van der Waals surface area (Å²) < 4.78 is 0.816. The molecule has 1 aromatic heterocycles. The monoisotopic (exact) mass is 339 g/mol. The molecule has 0 aliphatic heterocycles. The molecule has 0 fully saturated rings. The van der Waals surface area contributed by atoms with Gasteiger partial charge in [-0.1, -0.05) is 27.5 Å². The fraction of sp³-hybridized carbons (Fsp3) is 0.0769. The number of nitrogens with one attached hydrogen (secondary N) is 1. The van der Waals surface area contributed by atoms with Gasteiger partial charge in [0.25, 0.3) is 5.91 Å². The van der Waals surface area contributed by atoms with Crippen LogP contribution >= 0.6 is 27.5 Å². The van der Waals surface area contributed by atoms with E-state index in [2.05, 4.69) is 26.2 Å². The van der Waals surface area contributed by atoms with Crippen LogP contribution in [0, 0.1) is 6.92 Å². The maximum absolute atomic E-state index is 12.1. The summed E-state index contributed by atoms with van der Waals surface area (Å²) in [4.78, 5) is 16.1. The van der Waals surface area contributed by atoms with E-state index in [0.717, 1.165) is 10.0 Å². The third-order valence-corrected chi connectivity index (χ3v) is 3.28. The maximum atomic E-state index is 12.1. The number of nitrogens with two attached hydrogens (primary N) is 1. The van der Waals surface area contributed by atoms with Crippen LogP contribution in [0.1, 0.15) is 15.9 Å². The normalized spacial score (nSPS) is 10.3. The highest BCUT2D eigenvalue weighted by Crippen LogP contribution is 2.23. The molecule has 0 saturated heterocycles. The van der Waals surface area contributed by atoms with E-state index in [1.165, 1.54) is 0 Å². The van der Waals surface area contributed by atoms with E-state index < -0.39 is 0 Å². The number of carbonyl (C=O) groups is 1. The van der Waals surface area contributed by atoms with E-state index in [0.29, 0.717) is 16.9 Å². The second kappa shape index (κ2) is 5.59. The number of halogens is 2. The number of hydrogen-bond acceptors (Lipinski definition) is 3. The molecule has 6 heteroatoms. The molecule has 1 heterocycles. The van der Waals surface area contributed by atoms with Gasteiger partial charge in [0.15, 0.2) is 5.15 Å². The topological polar surface area (TPSA) is 68.0 Å². The summed E-state index contributed by atoms with van der Waals surface area (Å²) in [7, 11) is 0. The van der Waals surface area contributed by atoms with Crippen molar-refractivity contribution < 1.29 is 4.79 Å². The highest BCUT2D eigenvalue weighted by Gasteiger charge is 2.12. The summed E-state index contributed by atoms with van der Waals surface area (Å²) in [6.45, 7) is 1.87. The number of nitrogens with zero attached hydrogens (tertiary/aromatic N) is 1. The summed E-state index contributed by atoms with van der Waals surface area (Å²) in [5.74, 6) is -0.320. The van der Waals surface area contributed by atoms with E-state index in [-0.39, 0.29) is 11.1 Å². The van der Waals surface area contributed by atoms with Crippen molar-refractivity contribution in [2.45, 2.75) is 6.92 Å². The molecule has 0 atom stereocenters. The van der Waals surface area contributed by atoms with Gasteiger partial charge in [-0.15, -0.1) is 0 Å². The molecule has 19 heavy (non-hydrogen) atoms. The van der Waals surface area contributed by atoms with Crippen LogP contribution in [0.4, 0.5) is 11.4 Å². The average molecular weight is 341 g/mol. The molecule has 0 aliphatic rings. The Kier molecular flexibility index (Phi) is 4.07. The van der Waals surface area contributed by atoms with Crippen LogP contribution in [0.2, 0.25) is 5.15 Å². The molecule has 2 rings (SSSR count). The zero-order valence-corrected chi connectivity index (χ0v) is 12.4. The van der Waals surface area contributed by atoms with E-state index in [9.17, 15) is 4.79 Å². The molecular formula is C13H11BrClN3O. The molecule has 0 radical (unpaired) electrons. The van der Waals surface area contributed by atoms with Gasteiger partial charge in [-0.3, -0.25) is 4.79 Å². The van der Waals surface area contributed by atoms with Crippen molar-refractivity contribution in [1.29, 1.82) is 0 Å². The number of amides is 1. The minimum Gasteiger partial charge on any atom is -0.398 e. The Bertz CT molecular complexity index is 646. The first-order chi connectivity index (χ1) is 8.97. The van der Waals surface area contributed by atoms with Gasteiger partial charge in [-0.2, -0.15) is 0 Å². The maximum Gasteiger partial charge on any atom is 0.257 e. The van der Waals surface area contributed by atoms with Crippen LogP contribution in [-0.2, 0) is 0 Å². The van der Waals surface area contributed by atoms with Crippen LogP contribution in [0.25, 0.3) is 0 Å². The molecule has 0 unspecified atom stereocenters. The highest BCUT2D eigenvalue weighted by molar-refractivity contribution is 9.10. The van der Waals surface area contributed by atoms with Crippen molar-refractivity contribution in [3.63, 3.8) is 0 Å². The smallest absolute Gasteiger partial charge is 0.257 e. The minimum atomic E-state index is -0.320. The lowest BCUT2D eigenvalue weighted by atomic mass is 10.1. The number of pyridine rings is 1. The van der Waals surface area contributed by atoms with Crippen LogP contribution < -0.4 is 11.1 Å². The molecule has 0 spiro atoms. The van der Waals surface area contributed by atoms with Crippen molar-refractivity contribution in [3.8, 4) is 0 Å². The standard InChI is InChI=1S/C13H11BrClN3O/c1-7-4-11(12(15)17-6-7)18-13(19)9-3-2-8(14)5-10(9)16/h2-6H,16H2,1H3,(H,18,19). The Morgan fingerprint density at radius 2 is 2.16 bits per heavy atom. The third kappa shape index (κ3) is 3.24. The minimum absolute atomic E-state index is 0.245. The zero-order valence-electron chi connectivity index (χ0n) is 10.1. The van der Waals surface area contributed by atoms with Crippen molar-refractivity contribution in [3.05, 3.63) is 51.2 Å². The number of aryl methyl sites for hydroxylation is 1. The van der Waals surface area contributed by atoms with Gasteiger partial charge in [-0.05, 0) is 36.8 Å². The van der Waals surface area contributed by atoms with E-state index >= 15 is 0 Å². The van der Waals surface area contributed by atoms with Crippen LogP contribution in [0.15, 0.2) is 34.9 Å². The number of rotatable bonds is 2. The summed E-state index contributed by atoms with van der Waals surface area (Å²) >= 11 is 9.22. The van der Waals surface area contributed by atoms with Gasteiger partial charge in [0, 0.05) is 16.4 Å². The molecule has 98 valence electrons. The van der Waals surface area contributed by atoms with Gasteiger partial charge in [0.2, 0.25) is 0 Å². The summed E-state index contributed by atoms with van der Waals surface area (Å²) in [5.41, 5.74) is 7.96. The fourth-order valence-corrected chi connectivity index (χ4v) is 2.10. The molecule has 2 aromatic rings.